The Labute approximate surface area is 208 Å². The summed E-state index contributed by atoms with van der Waals surface area (Å²) in [6.45, 7) is 6.60. The van der Waals surface area contributed by atoms with Gasteiger partial charge in [0.25, 0.3) is 5.56 Å². The van der Waals surface area contributed by atoms with Crippen molar-refractivity contribution in [3.8, 4) is 0 Å². The summed E-state index contributed by atoms with van der Waals surface area (Å²) in [5, 5.41) is 6.58. The van der Waals surface area contributed by atoms with Gasteiger partial charge in [-0.25, -0.2) is 4.98 Å². The number of hydrogen-bond donors (Lipinski definition) is 0. The van der Waals surface area contributed by atoms with E-state index in [0.29, 0.717) is 11.4 Å². The topological polar surface area (TPSA) is 52.2 Å². The van der Waals surface area contributed by atoms with Crippen molar-refractivity contribution in [2.24, 2.45) is 5.10 Å². The highest BCUT2D eigenvalue weighted by molar-refractivity contribution is 9.10. The van der Waals surface area contributed by atoms with Gasteiger partial charge in [0.1, 0.15) is 5.82 Å². The Morgan fingerprint density at radius 1 is 1.15 bits per heavy atom. The van der Waals surface area contributed by atoms with Crippen LogP contribution in [0.5, 0.6) is 0 Å². The van der Waals surface area contributed by atoms with Crippen molar-refractivity contribution < 1.29 is 0 Å². The molecule has 5 nitrogen and oxygen atoms in total. The first-order valence-electron chi connectivity index (χ1n) is 12.4. The lowest BCUT2D eigenvalue weighted by atomic mass is 9.88. The van der Waals surface area contributed by atoms with E-state index in [-0.39, 0.29) is 11.5 Å². The van der Waals surface area contributed by atoms with Crippen molar-refractivity contribution in [1.82, 2.24) is 14.2 Å². The molecule has 0 saturated heterocycles. The monoisotopic (exact) mass is 518 g/mol. The number of rotatable bonds is 5. The van der Waals surface area contributed by atoms with Crippen molar-refractivity contribution in [1.29, 1.82) is 0 Å². The van der Waals surface area contributed by atoms with Gasteiger partial charge >= 0.3 is 0 Å². The van der Waals surface area contributed by atoms with Gasteiger partial charge in [0.05, 0.1) is 17.1 Å². The molecule has 176 valence electrons. The third-order valence-electron chi connectivity index (χ3n) is 7.34. The van der Waals surface area contributed by atoms with E-state index in [1.54, 1.807) is 4.68 Å². The molecule has 4 aromatic rings. The van der Waals surface area contributed by atoms with E-state index in [9.17, 15) is 4.79 Å². The summed E-state index contributed by atoms with van der Waals surface area (Å²) in [6.07, 6.45) is 8.61. The minimum absolute atomic E-state index is 0.105. The highest BCUT2D eigenvalue weighted by Gasteiger charge is 2.23. The predicted molar refractivity (Wildman–Crippen MR) is 144 cm³/mol. The van der Waals surface area contributed by atoms with Gasteiger partial charge in [-0.1, -0.05) is 60.3 Å². The molecule has 2 heterocycles. The van der Waals surface area contributed by atoms with Crippen LogP contribution in [0.3, 0.4) is 0 Å². The second kappa shape index (κ2) is 9.49. The number of fused-ring (bicyclic) bond motifs is 2. The van der Waals surface area contributed by atoms with E-state index in [1.165, 1.54) is 30.5 Å². The molecule has 1 fully saturated rings. The maximum Gasteiger partial charge on any atom is 0.282 e. The zero-order valence-electron chi connectivity index (χ0n) is 20.1. The average Bonchev–Trinajstić information content (AvgIpc) is 3.14. The summed E-state index contributed by atoms with van der Waals surface area (Å²) >= 11 is 3.50. The van der Waals surface area contributed by atoms with Gasteiger partial charge in [-0.15, -0.1) is 0 Å². The van der Waals surface area contributed by atoms with E-state index >= 15 is 0 Å². The predicted octanol–water partition coefficient (Wildman–Crippen LogP) is 7.32. The number of benzene rings is 2. The number of hydrogen-bond acceptors (Lipinski definition) is 3. The van der Waals surface area contributed by atoms with E-state index in [0.717, 1.165) is 46.0 Å². The number of aromatic nitrogens is 3. The molecule has 1 saturated carbocycles. The first kappa shape index (κ1) is 23.0. The molecule has 2 aromatic heterocycles. The van der Waals surface area contributed by atoms with Gasteiger partial charge in [-0.3, -0.25) is 4.79 Å². The molecule has 2 aromatic carbocycles. The van der Waals surface area contributed by atoms with Crippen LogP contribution < -0.4 is 5.56 Å². The third kappa shape index (κ3) is 4.02. The van der Waals surface area contributed by atoms with Crippen LogP contribution in [-0.4, -0.2) is 20.4 Å². The van der Waals surface area contributed by atoms with Gasteiger partial charge in [-0.2, -0.15) is 9.78 Å². The van der Waals surface area contributed by atoms with Crippen LogP contribution in [-0.2, 0) is 0 Å². The molecule has 5 rings (SSSR count). The smallest absolute Gasteiger partial charge is 0.282 e. The van der Waals surface area contributed by atoms with Crippen LogP contribution in [0, 0.1) is 6.92 Å². The minimum Gasteiger partial charge on any atom is -0.341 e. The molecular weight excluding hydrogens is 488 g/mol. The van der Waals surface area contributed by atoms with Crippen LogP contribution >= 0.6 is 15.9 Å². The zero-order valence-corrected chi connectivity index (χ0v) is 21.7. The van der Waals surface area contributed by atoms with E-state index in [1.807, 2.05) is 24.4 Å². The molecule has 0 N–H and O–H groups in total. The fraction of sp³-hybridized carbons (Fsp3) is 0.393. The Morgan fingerprint density at radius 2 is 1.91 bits per heavy atom. The summed E-state index contributed by atoms with van der Waals surface area (Å²) in [7, 11) is 0. The minimum atomic E-state index is -0.105. The largest absolute Gasteiger partial charge is 0.341 e. The molecule has 0 unspecified atom stereocenters. The maximum absolute atomic E-state index is 13.7. The van der Waals surface area contributed by atoms with Gasteiger partial charge in [-0.05, 0) is 57.4 Å². The molecule has 1 aliphatic rings. The number of nitrogens with zero attached hydrogens (tertiary/aromatic N) is 4. The van der Waals surface area contributed by atoms with Gasteiger partial charge < -0.3 is 4.57 Å². The fourth-order valence-electron chi connectivity index (χ4n) is 5.35. The van der Waals surface area contributed by atoms with E-state index in [2.05, 4.69) is 65.5 Å². The SMILES string of the molecule is CC[C@@H](C)n1c(C)c(C=Nn2c(C3CCCCC3)nc3ccc(Br)cc3c2=O)c2ccccc21. The first-order valence-corrected chi connectivity index (χ1v) is 13.1. The summed E-state index contributed by atoms with van der Waals surface area (Å²) in [5.41, 5.74) is 4.07. The summed E-state index contributed by atoms with van der Waals surface area (Å²) < 4.78 is 4.82. The Morgan fingerprint density at radius 3 is 2.68 bits per heavy atom. The van der Waals surface area contributed by atoms with Gasteiger partial charge in [0.15, 0.2) is 0 Å². The van der Waals surface area contributed by atoms with Crippen molar-refractivity contribution in [3.05, 3.63) is 74.4 Å². The fourth-order valence-corrected chi connectivity index (χ4v) is 5.71. The zero-order chi connectivity index (χ0) is 23.8. The molecule has 0 amide bonds. The molecule has 1 aliphatic carbocycles. The first-order chi connectivity index (χ1) is 16.5. The lowest BCUT2D eigenvalue weighted by molar-refractivity contribution is 0.416. The van der Waals surface area contributed by atoms with Crippen molar-refractivity contribution in [2.75, 3.05) is 0 Å². The Kier molecular flexibility index (Phi) is 6.43. The van der Waals surface area contributed by atoms with Crippen molar-refractivity contribution >= 4 is 44.0 Å². The molecule has 1 atom stereocenters. The lowest BCUT2D eigenvalue weighted by Crippen LogP contribution is -2.25. The summed E-state index contributed by atoms with van der Waals surface area (Å²) in [6, 6.07) is 14.6. The van der Waals surface area contributed by atoms with Crippen LogP contribution in [0.25, 0.3) is 21.8 Å². The Hall–Kier alpha value is -2.73. The quantitative estimate of drug-likeness (QED) is 0.260. The van der Waals surface area contributed by atoms with Crippen LogP contribution in [0.4, 0.5) is 0 Å². The normalized spacial score (nSPS) is 16.1. The second-order valence-electron chi connectivity index (χ2n) is 9.47. The summed E-state index contributed by atoms with van der Waals surface area (Å²) in [5.74, 6) is 1.05. The van der Waals surface area contributed by atoms with E-state index < -0.39 is 0 Å². The highest BCUT2D eigenvalue weighted by atomic mass is 79.9. The van der Waals surface area contributed by atoms with Crippen molar-refractivity contribution in [3.63, 3.8) is 0 Å². The molecular formula is C28H31BrN4O. The second-order valence-corrected chi connectivity index (χ2v) is 10.4. The molecule has 0 bridgehead atoms. The lowest BCUT2D eigenvalue weighted by Gasteiger charge is -2.22. The van der Waals surface area contributed by atoms with Crippen LogP contribution in [0.2, 0.25) is 0 Å². The summed E-state index contributed by atoms with van der Waals surface area (Å²) in [4.78, 5) is 18.6. The molecule has 6 heteroatoms. The molecule has 34 heavy (non-hydrogen) atoms. The van der Waals surface area contributed by atoms with Gasteiger partial charge in [0, 0.05) is 38.6 Å². The maximum atomic E-state index is 13.7. The molecule has 0 spiro atoms. The number of halogens is 1. The average molecular weight is 519 g/mol. The van der Waals surface area contributed by atoms with Gasteiger partial charge in [0.2, 0.25) is 0 Å². The van der Waals surface area contributed by atoms with Crippen molar-refractivity contribution in [2.45, 2.75) is 71.3 Å². The van der Waals surface area contributed by atoms with Crippen LogP contribution in [0.15, 0.2) is 56.8 Å². The molecule has 0 radical (unpaired) electrons. The van der Waals surface area contributed by atoms with E-state index in [4.69, 9.17) is 10.1 Å². The standard InChI is InChI=1S/C28H31BrN4O/c1-4-18(2)32-19(3)24(22-12-8-9-13-26(22)32)17-30-33-27(20-10-6-5-7-11-20)31-25-15-14-21(29)16-23(25)28(33)34/h8-9,12-18,20H,4-7,10-11H2,1-3H3/t18-/m1/s1. The van der Waals surface area contributed by atoms with Crippen LogP contribution in [0.1, 0.15) is 81.4 Å². The highest BCUT2D eigenvalue weighted by Crippen LogP contribution is 2.33. The Bertz CT molecular complexity index is 1440. The third-order valence-corrected chi connectivity index (χ3v) is 7.84. The Balaban J connectivity index is 1.70. The number of para-hydroxylation sites is 1. The molecule has 0 aliphatic heterocycles.